The number of hydrogen-bond donors (Lipinski definition) is 2. The van der Waals surface area contributed by atoms with Crippen LogP contribution in [0.3, 0.4) is 0 Å². The van der Waals surface area contributed by atoms with Crippen LogP contribution >= 0.6 is 11.8 Å². The number of benzene rings is 1. The minimum Gasteiger partial charge on any atom is -0.357 e. The zero-order valence-corrected chi connectivity index (χ0v) is 16.0. The van der Waals surface area contributed by atoms with Crippen LogP contribution in [0.2, 0.25) is 0 Å². The minimum absolute atomic E-state index is 0.165. The molecule has 2 aromatic rings. The summed E-state index contributed by atoms with van der Waals surface area (Å²) in [5.74, 6) is 0.898. The first-order valence-corrected chi connectivity index (χ1v) is 9.75. The van der Waals surface area contributed by atoms with Gasteiger partial charge in [0.05, 0.1) is 23.9 Å². The molecule has 0 unspecified atom stereocenters. The van der Waals surface area contributed by atoms with Gasteiger partial charge in [0.2, 0.25) is 0 Å². The van der Waals surface area contributed by atoms with Crippen molar-refractivity contribution in [1.82, 2.24) is 20.2 Å². The molecule has 2 N–H and O–H groups in total. The number of hydrogen-bond acceptors (Lipinski definition) is 3. The molecule has 132 valence electrons. The summed E-state index contributed by atoms with van der Waals surface area (Å²) in [4.78, 5) is 9.13. The third-order valence-corrected chi connectivity index (χ3v) is 5.14. The van der Waals surface area contributed by atoms with Gasteiger partial charge in [-0.15, -0.1) is 0 Å². The molecule has 1 heterocycles. The van der Waals surface area contributed by atoms with Crippen molar-refractivity contribution < 1.29 is 0 Å². The second-order valence-corrected chi connectivity index (χ2v) is 7.88. The van der Waals surface area contributed by atoms with E-state index in [0.717, 1.165) is 44.1 Å². The van der Waals surface area contributed by atoms with E-state index in [1.54, 1.807) is 0 Å². The third kappa shape index (κ3) is 5.44. The van der Waals surface area contributed by atoms with Crippen molar-refractivity contribution in [3.8, 4) is 0 Å². The molecule has 5 nitrogen and oxygen atoms in total. The first-order valence-electron chi connectivity index (χ1n) is 8.53. The van der Waals surface area contributed by atoms with Gasteiger partial charge in [-0.3, -0.25) is 4.99 Å². The molecule has 24 heavy (non-hydrogen) atoms. The molecular weight excluding hydrogens is 318 g/mol. The number of nitrogens with one attached hydrogen (secondary N) is 2. The number of fused-ring (bicyclic) bond motifs is 1. The van der Waals surface area contributed by atoms with Crippen molar-refractivity contribution in [2.24, 2.45) is 4.99 Å². The first kappa shape index (κ1) is 18.6. The second kappa shape index (κ2) is 8.97. The fourth-order valence-corrected chi connectivity index (χ4v) is 2.51. The summed E-state index contributed by atoms with van der Waals surface area (Å²) in [5.41, 5.74) is 2.25. The van der Waals surface area contributed by atoms with Gasteiger partial charge in [-0.2, -0.15) is 11.8 Å². The predicted molar refractivity (Wildman–Crippen MR) is 106 cm³/mol. The van der Waals surface area contributed by atoms with Crippen molar-refractivity contribution >= 4 is 28.8 Å². The van der Waals surface area contributed by atoms with E-state index in [0.29, 0.717) is 0 Å². The van der Waals surface area contributed by atoms with Crippen LogP contribution in [0, 0.1) is 0 Å². The van der Waals surface area contributed by atoms with Crippen LogP contribution in [0.25, 0.3) is 11.0 Å². The molecule has 1 aromatic heterocycles. The van der Waals surface area contributed by atoms with Crippen molar-refractivity contribution in [3.63, 3.8) is 0 Å². The number of imidazole rings is 1. The number of aliphatic imine (C=N–C) groups is 1. The Morgan fingerprint density at radius 1 is 1.29 bits per heavy atom. The zero-order chi connectivity index (χ0) is 17.4. The van der Waals surface area contributed by atoms with Crippen molar-refractivity contribution in [2.45, 2.75) is 38.5 Å². The summed E-state index contributed by atoms with van der Waals surface area (Å²) in [7, 11) is 0. The third-order valence-electron chi connectivity index (χ3n) is 3.91. The molecule has 2 rings (SSSR count). The van der Waals surface area contributed by atoms with Crippen LogP contribution in [-0.2, 0) is 6.54 Å². The largest absolute Gasteiger partial charge is 0.357 e. The Morgan fingerprint density at radius 2 is 2.08 bits per heavy atom. The van der Waals surface area contributed by atoms with Gasteiger partial charge in [0.15, 0.2) is 5.96 Å². The Labute approximate surface area is 149 Å². The Bertz CT molecular complexity index is 662. The van der Waals surface area contributed by atoms with Gasteiger partial charge in [-0.25, -0.2) is 4.98 Å². The van der Waals surface area contributed by atoms with E-state index in [-0.39, 0.29) is 4.75 Å². The van der Waals surface area contributed by atoms with E-state index in [2.05, 4.69) is 59.3 Å². The molecule has 0 aliphatic rings. The molecule has 0 saturated heterocycles. The summed E-state index contributed by atoms with van der Waals surface area (Å²) in [5, 5.41) is 6.74. The van der Waals surface area contributed by atoms with Crippen LogP contribution in [0.15, 0.2) is 35.6 Å². The second-order valence-electron chi connectivity index (χ2n) is 6.37. The molecule has 0 aliphatic carbocycles. The standard InChI is InChI=1S/C18H29N5S/c1-5-19-17(21-13-18(2,3)24-4)20-11-8-12-23-14-22-15-9-6-7-10-16(15)23/h6-7,9-10,14H,5,8,11-13H2,1-4H3,(H2,19,20,21). The molecule has 0 fully saturated rings. The van der Waals surface area contributed by atoms with Crippen LogP contribution in [0.1, 0.15) is 27.2 Å². The minimum atomic E-state index is 0.165. The molecule has 0 radical (unpaired) electrons. The lowest BCUT2D eigenvalue weighted by molar-refractivity contribution is 0.634. The zero-order valence-electron chi connectivity index (χ0n) is 15.2. The molecule has 1 aromatic carbocycles. The summed E-state index contributed by atoms with van der Waals surface area (Å²) in [6.07, 6.45) is 5.08. The van der Waals surface area contributed by atoms with Crippen LogP contribution in [0.4, 0.5) is 0 Å². The predicted octanol–water partition coefficient (Wildman–Crippen LogP) is 3.12. The monoisotopic (exact) mass is 347 g/mol. The van der Waals surface area contributed by atoms with Gasteiger partial charge in [-0.05, 0) is 45.6 Å². The van der Waals surface area contributed by atoms with Gasteiger partial charge in [0.1, 0.15) is 0 Å². The lowest BCUT2D eigenvalue weighted by atomic mass is 10.2. The lowest BCUT2D eigenvalue weighted by Crippen LogP contribution is -2.39. The first-order chi connectivity index (χ1) is 11.6. The molecule has 0 amide bonds. The molecule has 0 bridgehead atoms. The maximum atomic E-state index is 4.69. The average molecular weight is 348 g/mol. The maximum absolute atomic E-state index is 4.69. The average Bonchev–Trinajstić information content (AvgIpc) is 3.00. The number of rotatable bonds is 8. The normalized spacial score (nSPS) is 12.6. The maximum Gasteiger partial charge on any atom is 0.191 e. The Kier molecular flexibility index (Phi) is 6.97. The molecule has 0 saturated carbocycles. The summed E-state index contributed by atoms with van der Waals surface area (Å²) < 4.78 is 2.37. The summed E-state index contributed by atoms with van der Waals surface area (Å²) in [6.45, 7) is 10.0. The highest BCUT2D eigenvalue weighted by atomic mass is 32.2. The summed E-state index contributed by atoms with van der Waals surface area (Å²) in [6, 6.07) is 8.25. The topological polar surface area (TPSA) is 54.2 Å². The number of guanidine groups is 1. The number of aromatic nitrogens is 2. The van der Waals surface area contributed by atoms with Gasteiger partial charge in [-0.1, -0.05) is 12.1 Å². The van der Waals surface area contributed by atoms with Crippen molar-refractivity contribution in [1.29, 1.82) is 0 Å². The molecular formula is C18H29N5S. The highest BCUT2D eigenvalue weighted by molar-refractivity contribution is 7.99. The number of aryl methyl sites for hydroxylation is 1. The van der Waals surface area contributed by atoms with E-state index >= 15 is 0 Å². The molecule has 0 atom stereocenters. The lowest BCUT2D eigenvalue weighted by Gasteiger charge is -2.20. The Hall–Kier alpha value is -1.69. The molecule has 0 spiro atoms. The van der Waals surface area contributed by atoms with Gasteiger partial charge in [0, 0.05) is 24.4 Å². The van der Waals surface area contributed by atoms with E-state index in [1.165, 1.54) is 5.52 Å². The van der Waals surface area contributed by atoms with Crippen LogP contribution < -0.4 is 10.6 Å². The van der Waals surface area contributed by atoms with Gasteiger partial charge in [0.25, 0.3) is 0 Å². The highest BCUT2D eigenvalue weighted by Gasteiger charge is 2.15. The van der Waals surface area contributed by atoms with Crippen LogP contribution in [-0.4, -0.2) is 46.1 Å². The van der Waals surface area contributed by atoms with Gasteiger partial charge >= 0.3 is 0 Å². The highest BCUT2D eigenvalue weighted by Crippen LogP contribution is 2.20. The Balaban J connectivity index is 1.83. The molecule has 0 aliphatic heterocycles. The Morgan fingerprint density at radius 3 is 2.83 bits per heavy atom. The fraction of sp³-hybridized carbons (Fsp3) is 0.556. The number of para-hydroxylation sites is 2. The smallest absolute Gasteiger partial charge is 0.191 e. The number of nitrogens with zero attached hydrogens (tertiary/aromatic N) is 3. The van der Waals surface area contributed by atoms with E-state index in [1.807, 2.05) is 30.2 Å². The quantitative estimate of drug-likeness (QED) is 0.438. The fourth-order valence-electron chi connectivity index (χ4n) is 2.32. The summed E-state index contributed by atoms with van der Waals surface area (Å²) >= 11 is 1.84. The van der Waals surface area contributed by atoms with Crippen LogP contribution in [0.5, 0.6) is 0 Å². The van der Waals surface area contributed by atoms with Crippen molar-refractivity contribution in [3.05, 3.63) is 30.6 Å². The van der Waals surface area contributed by atoms with E-state index in [4.69, 9.17) is 4.99 Å². The molecule has 6 heteroatoms. The number of thioether (sulfide) groups is 1. The van der Waals surface area contributed by atoms with E-state index in [9.17, 15) is 0 Å². The van der Waals surface area contributed by atoms with E-state index < -0.39 is 0 Å². The SMILES string of the molecule is CCNC(=NCC(C)(C)SC)NCCCn1cnc2ccccc21. The van der Waals surface area contributed by atoms with Gasteiger partial charge < -0.3 is 15.2 Å². The van der Waals surface area contributed by atoms with Crippen molar-refractivity contribution in [2.75, 3.05) is 25.9 Å².